The summed E-state index contributed by atoms with van der Waals surface area (Å²) in [6.45, 7) is 7.12. The third-order valence-corrected chi connectivity index (χ3v) is 11.0. The second-order valence-corrected chi connectivity index (χ2v) is 15.6. The number of aliphatic hydroxyl groups excluding tert-OH is 1. The van der Waals surface area contributed by atoms with E-state index in [1.807, 2.05) is 34.0 Å². The van der Waals surface area contributed by atoms with E-state index < -0.39 is 54.1 Å². The fraction of sp³-hybridized carbons (Fsp3) is 0.609. The molecule has 3 rings (SSSR count). The number of carbonyl (C=O) groups is 1. The zero-order valence-electron chi connectivity index (χ0n) is 25.6. The van der Waals surface area contributed by atoms with E-state index in [9.17, 15) is 38.2 Å². The molecule has 1 saturated heterocycles. The molecule has 23 heteroatoms. The second kappa shape index (κ2) is 19.5. The number of carbonyl (C=O) groups excluding carboxylic acids is 1. The SMILES string of the molecule is CC.CC.CSSCCC(=O)CCC#Cc1cn([C@H]2CC(O)[C@@H](COP(=O)(O)OP(=O)(O)OP(=O)(O)O)O2)c2nc(N)[nH]c(=O)c12. The van der Waals surface area contributed by atoms with Crippen LogP contribution in [0.3, 0.4) is 0 Å². The number of rotatable bonds is 14. The molecule has 0 amide bonds. The van der Waals surface area contributed by atoms with Gasteiger partial charge in [0.25, 0.3) is 5.56 Å². The number of hydrogen-bond donors (Lipinski definition) is 7. The Morgan fingerprint density at radius 2 is 1.80 bits per heavy atom. The lowest BCUT2D eigenvalue weighted by Gasteiger charge is -2.19. The molecule has 0 radical (unpaired) electrons. The van der Waals surface area contributed by atoms with Crippen molar-refractivity contribution >= 4 is 67.8 Å². The maximum atomic E-state index is 12.7. The van der Waals surface area contributed by atoms with E-state index in [0.29, 0.717) is 12.2 Å². The van der Waals surface area contributed by atoms with Crippen LogP contribution in [-0.2, 0) is 36.4 Å². The molecular weight excluding hydrogens is 713 g/mol. The lowest BCUT2D eigenvalue weighted by atomic mass is 10.1. The number of ether oxygens (including phenoxy) is 1. The Morgan fingerprint density at radius 1 is 1.15 bits per heavy atom. The minimum absolute atomic E-state index is 0.0520. The van der Waals surface area contributed by atoms with E-state index in [2.05, 4.69) is 35.0 Å². The zero-order valence-corrected chi connectivity index (χ0v) is 29.9. The van der Waals surface area contributed by atoms with Crippen molar-refractivity contribution in [1.82, 2.24) is 14.5 Å². The van der Waals surface area contributed by atoms with E-state index in [1.54, 1.807) is 21.6 Å². The largest absolute Gasteiger partial charge is 0.490 e. The van der Waals surface area contributed by atoms with Gasteiger partial charge in [0.15, 0.2) is 5.65 Å². The first-order valence-electron chi connectivity index (χ1n) is 13.7. The number of anilines is 1. The molecule has 1 aliphatic heterocycles. The molecule has 2 aromatic rings. The minimum Gasteiger partial charge on any atom is -0.390 e. The first kappa shape index (κ1) is 42.5. The van der Waals surface area contributed by atoms with Gasteiger partial charge in [-0.15, -0.1) is 0 Å². The quantitative estimate of drug-likeness (QED) is 0.0629. The zero-order chi connectivity index (χ0) is 35.3. The number of nitrogens with two attached hydrogens (primary N) is 1. The van der Waals surface area contributed by atoms with Crippen LogP contribution < -0.4 is 11.3 Å². The Balaban J connectivity index is 0.00000254. The van der Waals surface area contributed by atoms with Crippen molar-refractivity contribution in [3.63, 3.8) is 0 Å². The number of H-pyrrole nitrogens is 1. The van der Waals surface area contributed by atoms with Gasteiger partial charge in [0, 0.05) is 37.6 Å². The molecule has 8 N–H and O–H groups in total. The molecule has 0 saturated carbocycles. The Kier molecular flexibility index (Phi) is 18.0. The highest BCUT2D eigenvalue weighted by Crippen LogP contribution is 2.66. The molecule has 262 valence electrons. The lowest BCUT2D eigenvalue weighted by molar-refractivity contribution is -0.118. The van der Waals surface area contributed by atoms with E-state index in [1.165, 1.54) is 10.8 Å². The minimum atomic E-state index is -5.73. The van der Waals surface area contributed by atoms with Crippen LogP contribution in [0.4, 0.5) is 5.95 Å². The predicted octanol–water partition coefficient (Wildman–Crippen LogP) is 3.45. The maximum Gasteiger partial charge on any atom is 0.490 e. The van der Waals surface area contributed by atoms with Crippen molar-refractivity contribution in [3.05, 3.63) is 22.1 Å². The third kappa shape index (κ3) is 13.9. The summed E-state index contributed by atoms with van der Waals surface area (Å²) in [5.41, 5.74) is 5.39. The van der Waals surface area contributed by atoms with Crippen molar-refractivity contribution in [2.45, 2.75) is 71.8 Å². The van der Waals surface area contributed by atoms with Gasteiger partial charge in [-0.1, -0.05) is 61.1 Å². The molecule has 1 aliphatic rings. The molecule has 46 heavy (non-hydrogen) atoms. The fourth-order valence-corrected chi connectivity index (χ4v) is 7.97. The first-order chi connectivity index (χ1) is 21.5. The molecular formula is C23H39N4O14P3S2. The summed E-state index contributed by atoms with van der Waals surface area (Å²) >= 11 is 0. The Labute approximate surface area is 273 Å². The molecule has 0 bridgehead atoms. The van der Waals surface area contributed by atoms with Crippen molar-refractivity contribution in [1.29, 1.82) is 0 Å². The van der Waals surface area contributed by atoms with Gasteiger partial charge >= 0.3 is 23.5 Å². The number of fused-ring (bicyclic) bond motifs is 1. The smallest absolute Gasteiger partial charge is 0.390 e. The van der Waals surface area contributed by atoms with E-state index in [-0.39, 0.29) is 47.6 Å². The summed E-state index contributed by atoms with van der Waals surface area (Å²) < 4.78 is 53.2. The first-order valence-corrected chi connectivity index (χ1v) is 20.9. The number of Topliss-reactive ketones (excluding diaryl/α,β-unsaturated/α-hetero) is 1. The molecule has 0 aromatic carbocycles. The van der Waals surface area contributed by atoms with Gasteiger partial charge in [0.1, 0.15) is 18.1 Å². The maximum absolute atomic E-state index is 12.7. The van der Waals surface area contributed by atoms with Crippen LogP contribution in [-0.4, -0.2) is 75.8 Å². The number of nitrogen functional groups attached to an aromatic ring is 1. The van der Waals surface area contributed by atoms with Gasteiger partial charge in [-0.3, -0.25) is 19.1 Å². The Morgan fingerprint density at radius 3 is 2.41 bits per heavy atom. The monoisotopic (exact) mass is 752 g/mol. The summed E-state index contributed by atoms with van der Waals surface area (Å²) in [6, 6.07) is 0. The topological polar surface area (TPSA) is 283 Å². The molecule has 1 fully saturated rings. The average Bonchev–Trinajstić information content (AvgIpc) is 3.50. The van der Waals surface area contributed by atoms with Crippen LogP contribution in [0.25, 0.3) is 11.0 Å². The van der Waals surface area contributed by atoms with E-state index in [0.717, 1.165) is 0 Å². The predicted molar refractivity (Wildman–Crippen MR) is 174 cm³/mol. The molecule has 0 spiro atoms. The summed E-state index contributed by atoms with van der Waals surface area (Å²) in [7, 11) is -13.6. The summed E-state index contributed by atoms with van der Waals surface area (Å²) in [5, 5.41) is 10.5. The van der Waals surface area contributed by atoms with Gasteiger partial charge in [0.05, 0.1) is 23.7 Å². The number of aliphatic hydroxyl groups is 1. The molecule has 0 aliphatic carbocycles. The van der Waals surface area contributed by atoms with Gasteiger partial charge in [-0.25, -0.2) is 13.7 Å². The van der Waals surface area contributed by atoms with Crippen LogP contribution in [0, 0.1) is 11.8 Å². The van der Waals surface area contributed by atoms with E-state index in [4.69, 9.17) is 20.3 Å². The second-order valence-electron chi connectivity index (χ2n) is 8.50. The number of aromatic nitrogens is 3. The summed E-state index contributed by atoms with van der Waals surface area (Å²) in [4.78, 5) is 67.3. The van der Waals surface area contributed by atoms with Gasteiger partial charge in [0.2, 0.25) is 5.95 Å². The Hall–Kier alpha value is -1.52. The third-order valence-electron chi connectivity index (χ3n) is 5.37. The number of phosphoric acid groups is 3. The number of nitrogens with one attached hydrogen (secondary N) is 1. The van der Waals surface area contributed by atoms with Crippen LogP contribution >= 0.6 is 45.1 Å². The highest BCUT2D eigenvalue weighted by molar-refractivity contribution is 8.76. The Bertz CT molecular complexity index is 1570. The van der Waals surface area contributed by atoms with E-state index >= 15 is 0 Å². The van der Waals surface area contributed by atoms with Crippen LogP contribution in [0.2, 0.25) is 0 Å². The van der Waals surface area contributed by atoms with Crippen molar-refractivity contribution in [2.75, 3.05) is 24.3 Å². The van der Waals surface area contributed by atoms with Crippen molar-refractivity contribution in [3.8, 4) is 11.8 Å². The summed E-state index contributed by atoms with van der Waals surface area (Å²) in [5.74, 6) is 6.22. The molecule has 2 aromatic heterocycles. The van der Waals surface area contributed by atoms with Gasteiger partial charge in [-0.05, 0) is 6.26 Å². The number of ketones is 1. The standard InChI is InChI=1S/C19H27N4O14P3S2.2C2H6/c1-41-42-7-6-12(24)5-3-2-4-11-9-23(17-16(11)18(26)22-19(20)21-17)15-8-13(25)14(35-15)10-34-39(30,31)37-40(32,33)36-38(27,28)29;2*1-2/h9,13-15,25H,3,5-8,10H2,1H3,(H,30,31)(H,32,33)(H2,27,28,29)(H3,20,21,22,26);2*1-2H3/t13?,14-,15-;;/m1../s1. The van der Waals surface area contributed by atoms with Crippen molar-refractivity contribution in [2.24, 2.45) is 0 Å². The number of hydrogen-bond acceptors (Lipinski definition) is 14. The molecule has 5 atom stereocenters. The normalized spacial score (nSPS) is 20.3. The number of phosphoric ester groups is 1. The van der Waals surface area contributed by atoms with Crippen molar-refractivity contribution < 1.29 is 61.1 Å². The highest BCUT2D eigenvalue weighted by atomic mass is 33.1. The highest BCUT2D eigenvalue weighted by Gasteiger charge is 2.43. The van der Waals surface area contributed by atoms with Crippen LogP contribution in [0.15, 0.2) is 11.0 Å². The number of nitrogens with zero attached hydrogens (tertiary/aromatic N) is 2. The number of aromatic amines is 1. The molecule has 3 heterocycles. The van der Waals surface area contributed by atoms with Gasteiger partial charge < -0.3 is 39.7 Å². The fourth-order valence-electron chi connectivity index (χ4n) is 3.72. The molecule has 3 unspecified atom stereocenters. The van der Waals surface area contributed by atoms with Crippen LogP contribution in [0.5, 0.6) is 0 Å². The molecule has 18 nitrogen and oxygen atoms in total. The average molecular weight is 753 g/mol. The van der Waals surface area contributed by atoms with Gasteiger partial charge in [-0.2, -0.15) is 13.6 Å². The van der Waals surface area contributed by atoms with Crippen LogP contribution in [0.1, 0.15) is 65.2 Å². The lowest BCUT2D eigenvalue weighted by Crippen LogP contribution is -2.26. The summed E-state index contributed by atoms with van der Waals surface area (Å²) in [6.07, 6.45) is 0.441.